The molecular formula is C19H19FN2O6S. The molecule has 0 amide bonds. The Morgan fingerprint density at radius 1 is 1.10 bits per heavy atom. The van der Waals surface area contributed by atoms with Gasteiger partial charge in [0, 0.05) is 19.2 Å². The molecule has 0 radical (unpaired) electrons. The second-order valence-corrected chi connectivity index (χ2v) is 8.38. The minimum Gasteiger partial charge on any atom is -0.489 e. The Kier molecular flexibility index (Phi) is 5.39. The Morgan fingerprint density at radius 2 is 1.86 bits per heavy atom. The molecule has 0 unspecified atom stereocenters. The molecule has 0 N–H and O–H groups in total. The number of oxazole rings is 1. The minimum absolute atomic E-state index is 0.0449. The first-order chi connectivity index (χ1) is 14.0. The molecule has 3 aromatic rings. The highest BCUT2D eigenvalue weighted by Gasteiger charge is 2.27. The lowest BCUT2D eigenvalue weighted by molar-refractivity contribution is 0.0730. The molecule has 10 heteroatoms. The van der Waals surface area contributed by atoms with Crippen molar-refractivity contribution in [3.05, 3.63) is 58.8 Å². The second-order valence-electron chi connectivity index (χ2n) is 6.44. The number of hydrogen-bond acceptors (Lipinski definition) is 6. The van der Waals surface area contributed by atoms with Gasteiger partial charge in [0.1, 0.15) is 6.61 Å². The van der Waals surface area contributed by atoms with Gasteiger partial charge in [-0.15, -0.1) is 0 Å². The van der Waals surface area contributed by atoms with E-state index < -0.39 is 21.6 Å². The van der Waals surface area contributed by atoms with E-state index in [-0.39, 0.29) is 42.5 Å². The number of sulfonamides is 1. The highest BCUT2D eigenvalue weighted by molar-refractivity contribution is 7.89. The molecule has 154 valence electrons. The molecule has 29 heavy (non-hydrogen) atoms. The van der Waals surface area contributed by atoms with E-state index in [1.54, 1.807) is 12.1 Å². The van der Waals surface area contributed by atoms with Gasteiger partial charge >= 0.3 is 5.76 Å². The van der Waals surface area contributed by atoms with E-state index in [1.165, 1.54) is 39.2 Å². The summed E-state index contributed by atoms with van der Waals surface area (Å²) in [6.45, 7) is 1.40. The smallest absolute Gasteiger partial charge is 0.420 e. The van der Waals surface area contributed by atoms with Crippen molar-refractivity contribution in [1.29, 1.82) is 0 Å². The monoisotopic (exact) mass is 422 g/mol. The van der Waals surface area contributed by atoms with Gasteiger partial charge in [-0.3, -0.25) is 4.57 Å². The van der Waals surface area contributed by atoms with Gasteiger partial charge in [0.15, 0.2) is 17.1 Å². The van der Waals surface area contributed by atoms with E-state index in [0.29, 0.717) is 18.7 Å². The molecule has 0 saturated carbocycles. The second kappa shape index (κ2) is 7.97. The average Bonchev–Trinajstić information content (AvgIpc) is 3.04. The number of aromatic nitrogens is 1. The maximum Gasteiger partial charge on any atom is 0.420 e. The number of nitrogens with zero attached hydrogens (tertiary/aromatic N) is 2. The Bertz CT molecular complexity index is 1180. The lowest BCUT2D eigenvalue weighted by Crippen LogP contribution is -2.40. The van der Waals surface area contributed by atoms with Crippen LogP contribution in [0.25, 0.3) is 11.1 Å². The third kappa shape index (κ3) is 3.91. The Morgan fingerprint density at radius 3 is 2.62 bits per heavy atom. The zero-order valence-corrected chi connectivity index (χ0v) is 16.2. The van der Waals surface area contributed by atoms with Crippen LogP contribution in [0.2, 0.25) is 0 Å². The zero-order valence-electron chi connectivity index (χ0n) is 15.4. The standard InChI is InChI=1S/C19H19FN2O6S/c20-15-3-1-2-4-17(15)27-12-9-22-16-6-5-14(13-18(16)28-19(22)23)29(24,25)21-7-10-26-11-8-21/h1-6,13H,7-12H2. The molecule has 2 aromatic carbocycles. The van der Waals surface area contributed by atoms with E-state index in [1.807, 2.05) is 0 Å². The van der Waals surface area contributed by atoms with Gasteiger partial charge in [-0.1, -0.05) is 12.1 Å². The number of fused-ring (bicyclic) bond motifs is 1. The summed E-state index contributed by atoms with van der Waals surface area (Å²) in [4.78, 5) is 12.3. The van der Waals surface area contributed by atoms with Gasteiger partial charge in [-0.25, -0.2) is 17.6 Å². The van der Waals surface area contributed by atoms with Crippen LogP contribution < -0.4 is 10.5 Å². The van der Waals surface area contributed by atoms with E-state index in [4.69, 9.17) is 13.9 Å². The Balaban J connectivity index is 1.55. The summed E-state index contributed by atoms with van der Waals surface area (Å²) in [5.74, 6) is -1.04. The van der Waals surface area contributed by atoms with Crippen molar-refractivity contribution in [2.45, 2.75) is 11.4 Å². The van der Waals surface area contributed by atoms with Gasteiger partial charge in [0.2, 0.25) is 10.0 Å². The molecule has 0 atom stereocenters. The van der Waals surface area contributed by atoms with Gasteiger partial charge in [-0.05, 0) is 24.3 Å². The van der Waals surface area contributed by atoms with E-state index >= 15 is 0 Å². The van der Waals surface area contributed by atoms with Crippen molar-refractivity contribution in [3.8, 4) is 5.75 Å². The van der Waals surface area contributed by atoms with Crippen LogP contribution in [0.4, 0.5) is 4.39 Å². The van der Waals surface area contributed by atoms with Gasteiger partial charge in [0.25, 0.3) is 0 Å². The fourth-order valence-electron chi connectivity index (χ4n) is 3.16. The van der Waals surface area contributed by atoms with Crippen LogP contribution >= 0.6 is 0 Å². The molecule has 1 fully saturated rings. The first kappa shape index (κ1) is 19.6. The summed E-state index contributed by atoms with van der Waals surface area (Å²) < 4.78 is 57.6. The highest BCUT2D eigenvalue weighted by atomic mass is 32.2. The number of ether oxygens (including phenoxy) is 2. The Labute approximate surface area is 166 Å². The molecule has 4 rings (SSSR count). The van der Waals surface area contributed by atoms with Crippen LogP contribution in [-0.4, -0.2) is 50.2 Å². The van der Waals surface area contributed by atoms with Gasteiger partial charge in [0.05, 0.1) is 30.2 Å². The molecule has 1 aliphatic heterocycles. The fraction of sp³-hybridized carbons (Fsp3) is 0.316. The number of halogens is 1. The lowest BCUT2D eigenvalue weighted by atomic mass is 10.3. The number of morpholine rings is 1. The molecule has 0 aliphatic carbocycles. The third-order valence-electron chi connectivity index (χ3n) is 4.66. The molecule has 8 nitrogen and oxygen atoms in total. The van der Waals surface area contributed by atoms with Crippen molar-refractivity contribution in [2.24, 2.45) is 0 Å². The summed E-state index contributed by atoms with van der Waals surface area (Å²) in [6.07, 6.45) is 0. The quantitative estimate of drug-likeness (QED) is 0.602. The summed E-state index contributed by atoms with van der Waals surface area (Å²) in [5.41, 5.74) is 0.600. The molecule has 1 saturated heterocycles. The van der Waals surface area contributed by atoms with Crippen LogP contribution in [0.3, 0.4) is 0 Å². The van der Waals surface area contributed by atoms with Gasteiger partial charge < -0.3 is 13.9 Å². The zero-order chi connectivity index (χ0) is 20.4. The number of hydrogen-bond donors (Lipinski definition) is 0. The van der Waals surface area contributed by atoms with Crippen LogP contribution in [0.15, 0.2) is 56.6 Å². The first-order valence-electron chi connectivity index (χ1n) is 9.05. The molecule has 1 aromatic heterocycles. The van der Waals surface area contributed by atoms with Crippen LogP contribution in [0.1, 0.15) is 0 Å². The van der Waals surface area contributed by atoms with E-state index in [2.05, 4.69) is 0 Å². The maximum atomic E-state index is 13.6. The fourth-order valence-corrected chi connectivity index (χ4v) is 4.59. The van der Waals surface area contributed by atoms with Crippen molar-refractivity contribution in [2.75, 3.05) is 32.9 Å². The first-order valence-corrected chi connectivity index (χ1v) is 10.5. The van der Waals surface area contributed by atoms with Crippen molar-refractivity contribution in [1.82, 2.24) is 8.87 Å². The maximum absolute atomic E-state index is 13.6. The predicted molar refractivity (Wildman–Crippen MR) is 102 cm³/mol. The Hall–Kier alpha value is -2.69. The predicted octanol–water partition coefficient (Wildman–Crippen LogP) is 1.83. The molecule has 0 spiro atoms. The van der Waals surface area contributed by atoms with Gasteiger partial charge in [-0.2, -0.15) is 4.31 Å². The SMILES string of the molecule is O=c1oc2cc(S(=O)(=O)N3CCOCC3)ccc2n1CCOc1ccccc1F. The van der Waals surface area contributed by atoms with Crippen LogP contribution in [-0.2, 0) is 21.3 Å². The molecule has 1 aliphatic rings. The molecular weight excluding hydrogens is 403 g/mol. The highest BCUT2D eigenvalue weighted by Crippen LogP contribution is 2.22. The third-order valence-corrected chi connectivity index (χ3v) is 6.55. The number of benzene rings is 2. The topological polar surface area (TPSA) is 91.0 Å². The number of para-hydroxylation sites is 1. The largest absolute Gasteiger partial charge is 0.489 e. The average molecular weight is 422 g/mol. The van der Waals surface area contributed by atoms with Crippen molar-refractivity contribution in [3.63, 3.8) is 0 Å². The molecule has 2 heterocycles. The van der Waals surface area contributed by atoms with E-state index in [9.17, 15) is 17.6 Å². The number of rotatable bonds is 6. The normalized spacial score (nSPS) is 15.6. The van der Waals surface area contributed by atoms with E-state index in [0.717, 1.165) is 0 Å². The summed E-state index contributed by atoms with van der Waals surface area (Å²) in [6, 6.07) is 10.3. The van der Waals surface area contributed by atoms with Crippen molar-refractivity contribution >= 4 is 21.1 Å². The lowest BCUT2D eigenvalue weighted by Gasteiger charge is -2.25. The minimum atomic E-state index is -3.70. The van der Waals surface area contributed by atoms with Crippen molar-refractivity contribution < 1.29 is 26.7 Å². The molecule has 0 bridgehead atoms. The van der Waals surface area contributed by atoms with Crippen LogP contribution in [0.5, 0.6) is 5.75 Å². The van der Waals surface area contributed by atoms with Crippen LogP contribution in [0, 0.1) is 5.82 Å². The summed E-state index contributed by atoms with van der Waals surface area (Å²) in [5, 5.41) is 0. The summed E-state index contributed by atoms with van der Waals surface area (Å²) in [7, 11) is -3.70. The summed E-state index contributed by atoms with van der Waals surface area (Å²) >= 11 is 0.